The van der Waals surface area contributed by atoms with Crippen LogP contribution in [0.4, 0.5) is 4.39 Å². The van der Waals surface area contributed by atoms with Gasteiger partial charge in [0.05, 0.1) is 19.4 Å². The Bertz CT molecular complexity index is 662. The van der Waals surface area contributed by atoms with Gasteiger partial charge in [-0.2, -0.15) is 0 Å². The molecule has 0 amide bonds. The van der Waals surface area contributed by atoms with E-state index in [0.717, 1.165) is 22.8 Å². The van der Waals surface area contributed by atoms with E-state index < -0.39 is 0 Å². The van der Waals surface area contributed by atoms with Gasteiger partial charge < -0.3 is 26.6 Å². The fraction of sp³-hybridized carbons (Fsp3) is 0.125. The summed E-state index contributed by atoms with van der Waals surface area (Å²) in [5.74, 6) is 2.20. The number of hydrogen-bond donors (Lipinski definition) is 1. The van der Waals surface area contributed by atoms with Crippen LogP contribution in [0.1, 0.15) is 11.5 Å². The SMILES string of the molecule is Fc1ccc(-c2ccc(CNCc3ccco3)o2)cc1.[Cl-]. The minimum Gasteiger partial charge on any atom is -1.00 e. The first-order valence-electron chi connectivity index (χ1n) is 6.39. The van der Waals surface area contributed by atoms with Gasteiger partial charge in [0.15, 0.2) is 0 Å². The van der Waals surface area contributed by atoms with Crippen LogP contribution < -0.4 is 17.7 Å². The zero-order valence-corrected chi connectivity index (χ0v) is 11.9. The van der Waals surface area contributed by atoms with Crippen LogP contribution in [-0.4, -0.2) is 0 Å². The molecule has 1 aromatic carbocycles. The highest BCUT2D eigenvalue weighted by Gasteiger charge is 2.05. The number of hydrogen-bond acceptors (Lipinski definition) is 3. The molecular formula is C16H14ClFNO2-. The van der Waals surface area contributed by atoms with E-state index in [1.54, 1.807) is 18.4 Å². The molecule has 0 aliphatic carbocycles. The lowest BCUT2D eigenvalue weighted by atomic mass is 10.2. The molecule has 0 spiro atoms. The van der Waals surface area contributed by atoms with Gasteiger partial charge in [-0.25, -0.2) is 4.39 Å². The lowest BCUT2D eigenvalue weighted by Gasteiger charge is -2.00. The van der Waals surface area contributed by atoms with Crippen molar-refractivity contribution < 1.29 is 25.6 Å². The van der Waals surface area contributed by atoms with E-state index in [0.29, 0.717) is 13.1 Å². The maximum Gasteiger partial charge on any atom is 0.134 e. The number of benzene rings is 1. The molecule has 0 atom stereocenters. The third-order valence-electron chi connectivity index (χ3n) is 2.97. The van der Waals surface area contributed by atoms with Crippen molar-refractivity contribution in [2.45, 2.75) is 13.1 Å². The van der Waals surface area contributed by atoms with Gasteiger partial charge in [0.25, 0.3) is 0 Å². The Morgan fingerprint density at radius 2 is 1.67 bits per heavy atom. The van der Waals surface area contributed by atoms with Crippen LogP contribution in [-0.2, 0) is 13.1 Å². The topological polar surface area (TPSA) is 38.3 Å². The normalized spacial score (nSPS) is 10.3. The summed E-state index contributed by atoms with van der Waals surface area (Å²) in [5.41, 5.74) is 0.865. The van der Waals surface area contributed by atoms with E-state index in [1.807, 2.05) is 24.3 Å². The fourth-order valence-electron chi connectivity index (χ4n) is 1.96. The van der Waals surface area contributed by atoms with E-state index in [1.165, 1.54) is 12.1 Å². The van der Waals surface area contributed by atoms with Crippen molar-refractivity contribution in [3.8, 4) is 11.3 Å². The summed E-state index contributed by atoms with van der Waals surface area (Å²) in [6.07, 6.45) is 1.65. The van der Waals surface area contributed by atoms with Gasteiger partial charge in [0.1, 0.15) is 23.1 Å². The Labute approximate surface area is 128 Å². The van der Waals surface area contributed by atoms with Crippen molar-refractivity contribution >= 4 is 0 Å². The van der Waals surface area contributed by atoms with Crippen LogP contribution in [0.25, 0.3) is 11.3 Å². The summed E-state index contributed by atoms with van der Waals surface area (Å²) in [5, 5.41) is 3.23. The Morgan fingerprint density at radius 1 is 0.905 bits per heavy atom. The lowest BCUT2D eigenvalue weighted by Crippen LogP contribution is -3.00. The van der Waals surface area contributed by atoms with E-state index in [4.69, 9.17) is 8.83 Å². The highest BCUT2D eigenvalue weighted by Crippen LogP contribution is 2.22. The molecule has 0 fully saturated rings. The Kier molecular flexibility index (Phi) is 5.20. The molecule has 2 aromatic heterocycles. The van der Waals surface area contributed by atoms with Crippen molar-refractivity contribution in [3.05, 3.63) is 72.1 Å². The van der Waals surface area contributed by atoms with Crippen molar-refractivity contribution in [1.82, 2.24) is 5.32 Å². The molecule has 0 bridgehead atoms. The monoisotopic (exact) mass is 306 g/mol. The fourth-order valence-corrected chi connectivity index (χ4v) is 1.96. The Morgan fingerprint density at radius 3 is 2.38 bits per heavy atom. The molecule has 0 saturated heterocycles. The molecule has 5 heteroatoms. The highest BCUT2D eigenvalue weighted by molar-refractivity contribution is 5.57. The van der Waals surface area contributed by atoms with E-state index in [-0.39, 0.29) is 18.2 Å². The maximum absolute atomic E-state index is 12.9. The number of rotatable bonds is 5. The van der Waals surface area contributed by atoms with Crippen molar-refractivity contribution in [2.75, 3.05) is 0 Å². The van der Waals surface area contributed by atoms with E-state index >= 15 is 0 Å². The predicted octanol–water partition coefficient (Wildman–Crippen LogP) is 0.972. The van der Waals surface area contributed by atoms with Crippen LogP contribution in [0.15, 0.2) is 63.6 Å². The standard InChI is InChI=1S/C16H14FNO2.ClH/c17-13-5-3-12(4-6-13)16-8-7-15(20-16)11-18-10-14-2-1-9-19-14;/h1-9,18H,10-11H2;1H/p-1. The molecule has 110 valence electrons. The Hall–Kier alpha value is -2.04. The van der Waals surface area contributed by atoms with Gasteiger partial charge in [0, 0.05) is 5.56 Å². The summed E-state index contributed by atoms with van der Waals surface area (Å²) in [6, 6.07) is 13.8. The van der Waals surface area contributed by atoms with Crippen LogP contribution >= 0.6 is 0 Å². The number of furan rings is 2. The molecule has 0 unspecified atom stereocenters. The van der Waals surface area contributed by atoms with Crippen molar-refractivity contribution in [3.63, 3.8) is 0 Å². The largest absolute Gasteiger partial charge is 1.00 e. The molecule has 0 radical (unpaired) electrons. The zero-order chi connectivity index (χ0) is 13.8. The van der Waals surface area contributed by atoms with Gasteiger partial charge in [0.2, 0.25) is 0 Å². The average molecular weight is 307 g/mol. The van der Waals surface area contributed by atoms with Crippen molar-refractivity contribution in [2.24, 2.45) is 0 Å². The molecule has 3 aromatic rings. The lowest BCUT2D eigenvalue weighted by molar-refractivity contribution is -0.00000574. The summed E-state index contributed by atoms with van der Waals surface area (Å²) in [7, 11) is 0. The third kappa shape index (κ3) is 3.97. The minimum atomic E-state index is -0.249. The average Bonchev–Trinajstić information content (AvgIpc) is 3.11. The second kappa shape index (κ2) is 7.11. The summed E-state index contributed by atoms with van der Waals surface area (Å²) < 4.78 is 23.8. The first kappa shape index (κ1) is 15.4. The second-order valence-electron chi connectivity index (χ2n) is 4.46. The molecule has 2 heterocycles. The summed E-state index contributed by atoms with van der Waals surface area (Å²) >= 11 is 0. The van der Waals surface area contributed by atoms with Gasteiger partial charge in [-0.05, 0) is 48.5 Å². The van der Waals surface area contributed by atoms with Crippen LogP contribution in [0.5, 0.6) is 0 Å². The van der Waals surface area contributed by atoms with Crippen LogP contribution in [0, 0.1) is 5.82 Å². The second-order valence-corrected chi connectivity index (χ2v) is 4.46. The van der Waals surface area contributed by atoms with Crippen LogP contribution in [0.2, 0.25) is 0 Å². The third-order valence-corrected chi connectivity index (χ3v) is 2.97. The molecule has 0 saturated carbocycles. The molecule has 1 N–H and O–H groups in total. The van der Waals surface area contributed by atoms with Crippen LogP contribution in [0.3, 0.4) is 0 Å². The van der Waals surface area contributed by atoms with Gasteiger partial charge in [-0.15, -0.1) is 0 Å². The summed E-state index contributed by atoms with van der Waals surface area (Å²) in [6.45, 7) is 1.27. The zero-order valence-electron chi connectivity index (χ0n) is 11.2. The molecule has 0 aliphatic heterocycles. The molecular weight excluding hydrogens is 293 g/mol. The molecule has 21 heavy (non-hydrogen) atoms. The van der Waals surface area contributed by atoms with Gasteiger partial charge >= 0.3 is 0 Å². The maximum atomic E-state index is 12.9. The van der Waals surface area contributed by atoms with E-state index in [9.17, 15) is 4.39 Å². The van der Waals surface area contributed by atoms with Gasteiger partial charge in [-0.3, -0.25) is 0 Å². The highest BCUT2D eigenvalue weighted by atomic mass is 35.5. The minimum absolute atomic E-state index is 0. The molecule has 3 rings (SSSR count). The summed E-state index contributed by atoms with van der Waals surface area (Å²) in [4.78, 5) is 0. The number of nitrogens with one attached hydrogen (secondary N) is 1. The quantitative estimate of drug-likeness (QED) is 0.763. The van der Waals surface area contributed by atoms with E-state index in [2.05, 4.69) is 5.32 Å². The first-order valence-corrected chi connectivity index (χ1v) is 6.39. The molecule has 0 aliphatic rings. The van der Waals surface area contributed by atoms with Crippen molar-refractivity contribution in [1.29, 1.82) is 0 Å². The first-order chi connectivity index (χ1) is 9.81. The molecule has 3 nitrogen and oxygen atoms in total. The van der Waals surface area contributed by atoms with Gasteiger partial charge in [-0.1, -0.05) is 0 Å². The Balaban J connectivity index is 0.00000161. The number of halogens is 2. The predicted molar refractivity (Wildman–Crippen MR) is 73.4 cm³/mol. The smallest absolute Gasteiger partial charge is 0.134 e.